The van der Waals surface area contributed by atoms with Gasteiger partial charge in [0, 0.05) is 12.6 Å². The minimum absolute atomic E-state index is 0.151. The number of benzene rings is 2. The number of aldehydes is 1. The molecule has 2 aromatic carbocycles. The molecule has 9 heteroatoms. The summed E-state index contributed by atoms with van der Waals surface area (Å²) >= 11 is 0. The number of methoxy groups -OCH3 is 2. The van der Waals surface area contributed by atoms with Gasteiger partial charge in [-0.15, -0.1) is 13.2 Å². The number of piperidine rings is 1. The number of hydrogen-bond acceptors (Lipinski definition) is 5. The summed E-state index contributed by atoms with van der Waals surface area (Å²) < 4.78 is 66.2. The van der Waals surface area contributed by atoms with Gasteiger partial charge in [0.2, 0.25) is 0 Å². The van der Waals surface area contributed by atoms with Gasteiger partial charge in [0.1, 0.15) is 17.8 Å². The number of carbonyl (C=O) groups excluding carboxylic acids is 1. The largest absolute Gasteiger partial charge is 0.573 e. The molecule has 0 bridgehead atoms. The number of rotatable bonds is 7. The van der Waals surface area contributed by atoms with Crippen LogP contribution in [0.4, 0.5) is 17.6 Å². The summed E-state index contributed by atoms with van der Waals surface area (Å²) in [7, 11) is 3.08. The van der Waals surface area contributed by atoms with E-state index >= 15 is 0 Å². The zero-order valence-electron chi connectivity index (χ0n) is 17.1. The van der Waals surface area contributed by atoms with Crippen LogP contribution in [0.15, 0.2) is 36.4 Å². The van der Waals surface area contributed by atoms with Gasteiger partial charge in [0.05, 0.1) is 25.8 Å². The van der Waals surface area contributed by atoms with E-state index in [0.717, 1.165) is 30.4 Å². The topological polar surface area (TPSA) is 48.0 Å². The number of ether oxygens (including phenoxy) is 3. The van der Waals surface area contributed by atoms with Crippen LogP contribution in [0, 0.1) is 5.82 Å². The van der Waals surface area contributed by atoms with Gasteiger partial charge < -0.3 is 19.0 Å². The molecule has 31 heavy (non-hydrogen) atoms. The van der Waals surface area contributed by atoms with Gasteiger partial charge in [-0.1, -0.05) is 12.1 Å². The molecule has 0 aliphatic carbocycles. The highest BCUT2D eigenvalue weighted by molar-refractivity contribution is 5.59. The molecule has 2 atom stereocenters. The van der Waals surface area contributed by atoms with Crippen LogP contribution < -0.4 is 14.2 Å². The molecular weight excluding hydrogens is 418 g/mol. The number of hydrogen-bond donors (Lipinski definition) is 0. The van der Waals surface area contributed by atoms with Gasteiger partial charge in [-0.05, 0) is 49.1 Å². The number of nitrogens with zero attached hydrogens (tertiary/aromatic N) is 1. The summed E-state index contributed by atoms with van der Waals surface area (Å²) in [4.78, 5) is 13.7. The standard InChI is InChI=1S/C22H23F4NO4/c1-29-19-7-4-8-20(30-2)21(19)17-6-3-5-15(13-28)27(17)12-14-9-10-18(16(23)11-14)31-22(24,25)26/h4,7-11,13,15,17H,3,5-6,12H2,1-2H3. The molecule has 1 saturated heterocycles. The predicted molar refractivity (Wildman–Crippen MR) is 105 cm³/mol. The molecule has 1 aliphatic heterocycles. The molecule has 0 saturated carbocycles. The Labute approximate surface area is 177 Å². The molecule has 5 nitrogen and oxygen atoms in total. The monoisotopic (exact) mass is 441 g/mol. The van der Waals surface area contributed by atoms with E-state index in [1.54, 1.807) is 18.2 Å². The Morgan fingerprint density at radius 2 is 1.74 bits per heavy atom. The lowest BCUT2D eigenvalue weighted by Gasteiger charge is -2.41. The van der Waals surface area contributed by atoms with E-state index in [1.807, 2.05) is 4.90 Å². The molecule has 1 heterocycles. The Morgan fingerprint density at radius 1 is 1.06 bits per heavy atom. The molecule has 1 aliphatic rings. The fraction of sp³-hybridized carbons (Fsp3) is 0.409. The zero-order chi connectivity index (χ0) is 22.6. The first-order chi connectivity index (χ1) is 14.8. The first kappa shape index (κ1) is 22.9. The number of alkyl halides is 3. The van der Waals surface area contributed by atoms with Crippen LogP contribution in [0.25, 0.3) is 0 Å². The molecule has 0 radical (unpaired) electrons. The molecule has 168 valence electrons. The smallest absolute Gasteiger partial charge is 0.496 e. The SMILES string of the molecule is COc1cccc(OC)c1C1CCCC(C=O)N1Cc1ccc(OC(F)(F)F)c(F)c1. The molecule has 2 unspecified atom stereocenters. The van der Waals surface area contributed by atoms with Gasteiger partial charge >= 0.3 is 6.36 Å². The van der Waals surface area contributed by atoms with Crippen LogP contribution in [0.2, 0.25) is 0 Å². The highest BCUT2D eigenvalue weighted by Gasteiger charge is 2.35. The highest BCUT2D eigenvalue weighted by Crippen LogP contribution is 2.43. The normalized spacial score (nSPS) is 19.7. The quantitative estimate of drug-likeness (QED) is 0.445. The van der Waals surface area contributed by atoms with Gasteiger partial charge in [0.15, 0.2) is 11.6 Å². The fourth-order valence-electron chi connectivity index (χ4n) is 4.04. The van der Waals surface area contributed by atoms with Gasteiger partial charge in [0.25, 0.3) is 0 Å². The highest BCUT2D eigenvalue weighted by atomic mass is 19.4. The van der Waals surface area contributed by atoms with E-state index in [1.165, 1.54) is 20.3 Å². The average Bonchev–Trinajstić information content (AvgIpc) is 2.74. The Morgan fingerprint density at radius 3 is 2.29 bits per heavy atom. The minimum Gasteiger partial charge on any atom is -0.496 e. The van der Waals surface area contributed by atoms with Crippen molar-refractivity contribution in [1.29, 1.82) is 0 Å². The van der Waals surface area contributed by atoms with Crippen molar-refractivity contribution in [3.8, 4) is 17.2 Å². The third kappa shape index (κ3) is 5.28. The molecule has 0 N–H and O–H groups in total. The first-order valence-corrected chi connectivity index (χ1v) is 9.73. The Bertz CT molecular complexity index is 897. The second-order valence-electron chi connectivity index (χ2n) is 7.21. The second-order valence-corrected chi connectivity index (χ2v) is 7.21. The van der Waals surface area contributed by atoms with E-state index < -0.39 is 24.0 Å². The average molecular weight is 441 g/mol. The van der Waals surface area contributed by atoms with Crippen LogP contribution in [-0.2, 0) is 11.3 Å². The summed E-state index contributed by atoms with van der Waals surface area (Å²) in [5, 5.41) is 0. The van der Waals surface area contributed by atoms with Gasteiger partial charge in [-0.3, -0.25) is 4.90 Å². The van der Waals surface area contributed by atoms with Crippen LogP contribution >= 0.6 is 0 Å². The summed E-state index contributed by atoms with van der Waals surface area (Å²) in [5.41, 5.74) is 1.19. The maximum Gasteiger partial charge on any atom is 0.573 e. The van der Waals surface area contributed by atoms with Crippen molar-refractivity contribution in [2.45, 2.75) is 44.3 Å². The number of halogens is 4. The molecule has 0 amide bonds. The van der Waals surface area contributed by atoms with E-state index in [2.05, 4.69) is 4.74 Å². The van der Waals surface area contributed by atoms with Crippen LogP contribution in [0.5, 0.6) is 17.2 Å². The van der Waals surface area contributed by atoms with Crippen LogP contribution in [0.1, 0.15) is 36.4 Å². The number of carbonyl (C=O) groups is 1. The lowest BCUT2D eigenvalue weighted by Crippen LogP contribution is -2.42. The number of likely N-dealkylation sites (tertiary alicyclic amines) is 1. The molecule has 0 aromatic heterocycles. The van der Waals surface area contributed by atoms with Crippen molar-refractivity contribution >= 4 is 6.29 Å². The van der Waals surface area contributed by atoms with E-state index in [-0.39, 0.29) is 12.6 Å². The van der Waals surface area contributed by atoms with Crippen molar-refractivity contribution in [1.82, 2.24) is 4.90 Å². The summed E-state index contributed by atoms with van der Waals surface area (Å²) in [6.45, 7) is 0.151. The molecule has 3 rings (SSSR count). The van der Waals surface area contributed by atoms with Crippen molar-refractivity contribution in [2.24, 2.45) is 0 Å². The Balaban J connectivity index is 1.95. The Kier molecular flexibility index (Phi) is 7.04. The first-order valence-electron chi connectivity index (χ1n) is 9.73. The van der Waals surface area contributed by atoms with E-state index in [0.29, 0.717) is 29.9 Å². The van der Waals surface area contributed by atoms with Crippen molar-refractivity contribution in [2.75, 3.05) is 14.2 Å². The lowest BCUT2D eigenvalue weighted by atomic mass is 9.89. The van der Waals surface area contributed by atoms with Crippen LogP contribution in [0.3, 0.4) is 0 Å². The Hall–Kier alpha value is -2.81. The third-order valence-corrected chi connectivity index (χ3v) is 5.35. The zero-order valence-corrected chi connectivity index (χ0v) is 17.1. The predicted octanol–water partition coefficient (Wildman–Crippen LogP) is 5.04. The molecule has 1 fully saturated rings. The molecular formula is C22H23F4NO4. The second kappa shape index (κ2) is 9.55. The maximum absolute atomic E-state index is 14.2. The molecule has 0 spiro atoms. The summed E-state index contributed by atoms with van der Waals surface area (Å²) in [5.74, 6) is -0.826. The third-order valence-electron chi connectivity index (χ3n) is 5.35. The van der Waals surface area contributed by atoms with Gasteiger partial charge in [-0.2, -0.15) is 0 Å². The maximum atomic E-state index is 14.2. The summed E-state index contributed by atoms with van der Waals surface area (Å²) in [6, 6.07) is 7.97. The van der Waals surface area contributed by atoms with E-state index in [4.69, 9.17) is 9.47 Å². The fourth-order valence-corrected chi connectivity index (χ4v) is 4.04. The van der Waals surface area contributed by atoms with Crippen LogP contribution in [-0.4, -0.2) is 37.8 Å². The van der Waals surface area contributed by atoms with Gasteiger partial charge in [-0.25, -0.2) is 4.39 Å². The minimum atomic E-state index is -4.98. The van der Waals surface area contributed by atoms with Crippen molar-refractivity contribution < 1.29 is 36.6 Å². The van der Waals surface area contributed by atoms with E-state index in [9.17, 15) is 22.4 Å². The lowest BCUT2D eigenvalue weighted by molar-refractivity contribution is -0.275. The van der Waals surface area contributed by atoms with Crippen molar-refractivity contribution in [3.63, 3.8) is 0 Å². The van der Waals surface area contributed by atoms with Crippen molar-refractivity contribution in [3.05, 3.63) is 53.3 Å². The summed E-state index contributed by atoms with van der Waals surface area (Å²) in [6.07, 6.45) is -2.03. The molecule has 2 aromatic rings.